The molecule has 0 spiro atoms. The Morgan fingerprint density at radius 3 is 2.55 bits per heavy atom. The maximum Gasteiger partial charge on any atom is 0.255 e. The highest BCUT2D eigenvalue weighted by Gasteiger charge is 2.27. The van der Waals surface area contributed by atoms with Crippen molar-refractivity contribution in [3.63, 3.8) is 0 Å². The Bertz CT molecular complexity index is 942. The van der Waals surface area contributed by atoms with Crippen LogP contribution < -0.4 is 15.8 Å². The van der Waals surface area contributed by atoms with Crippen molar-refractivity contribution in [1.29, 1.82) is 0 Å². The molecular weight excluding hydrogens is 462 g/mol. The van der Waals surface area contributed by atoms with Crippen molar-refractivity contribution in [2.75, 3.05) is 25.0 Å². The Kier molecular flexibility index (Phi) is 8.06. The molecule has 3 N–H and O–H groups in total. The van der Waals surface area contributed by atoms with E-state index in [-0.39, 0.29) is 30.1 Å². The number of carbonyl (C=O) groups is 3. The van der Waals surface area contributed by atoms with E-state index in [1.54, 1.807) is 29.2 Å². The second-order valence-electron chi connectivity index (χ2n) is 7.47. The zero-order valence-electron chi connectivity index (χ0n) is 17.2. The average molecular weight is 488 g/mol. The number of hydrogen-bond donors (Lipinski definition) is 2. The van der Waals surface area contributed by atoms with Gasteiger partial charge in [-0.05, 0) is 49.6 Å². The minimum Gasteiger partial charge on any atom is -0.494 e. The second kappa shape index (κ2) is 10.9. The van der Waals surface area contributed by atoms with E-state index in [1.165, 1.54) is 0 Å². The van der Waals surface area contributed by atoms with Crippen LogP contribution in [0.1, 0.15) is 36.0 Å². The first kappa shape index (κ1) is 22.8. The number of piperidine rings is 1. The highest BCUT2D eigenvalue weighted by Crippen LogP contribution is 2.23. The molecule has 1 fully saturated rings. The van der Waals surface area contributed by atoms with Gasteiger partial charge in [-0.25, -0.2) is 0 Å². The van der Waals surface area contributed by atoms with Crippen molar-refractivity contribution < 1.29 is 19.1 Å². The fraction of sp³-hybridized carbons (Fsp3) is 0.348. The molecule has 1 heterocycles. The third kappa shape index (κ3) is 6.55. The Labute approximate surface area is 190 Å². The Morgan fingerprint density at radius 2 is 1.84 bits per heavy atom. The van der Waals surface area contributed by atoms with Gasteiger partial charge in [0.05, 0.1) is 17.9 Å². The molecule has 31 heavy (non-hydrogen) atoms. The molecule has 0 saturated carbocycles. The van der Waals surface area contributed by atoms with Crippen LogP contribution in [0.4, 0.5) is 5.69 Å². The molecule has 0 aliphatic carbocycles. The molecule has 1 saturated heterocycles. The first-order valence-corrected chi connectivity index (χ1v) is 11.1. The molecule has 8 heteroatoms. The van der Waals surface area contributed by atoms with Gasteiger partial charge in [0.1, 0.15) is 5.75 Å². The summed E-state index contributed by atoms with van der Waals surface area (Å²) in [6.45, 7) is 1.36. The molecule has 164 valence electrons. The second-order valence-corrected chi connectivity index (χ2v) is 8.39. The van der Waals surface area contributed by atoms with Gasteiger partial charge < -0.3 is 20.7 Å². The first-order valence-electron chi connectivity index (χ1n) is 10.3. The molecule has 0 atom stereocenters. The first-order chi connectivity index (χ1) is 14.9. The maximum atomic E-state index is 13.0. The average Bonchev–Trinajstić information content (AvgIpc) is 2.77. The fourth-order valence-corrected chi connectivity index (χ4v) is 3.89. The normalized spacial score (nSPS) is 14.2. The topological polar surface area (TPSA) is 102 Å². The number of nitrogens with zero attached hydrogens (tertiary/aromatic N) is 1. The number of carbonyl (C=O) groups excluding carboxylic acids is 3. The van der Waals surface area contributed by atoms with Crippen LogP contribution in [0.5, 0.6) is 5.75 Å². The van der Waals surface area contributed by atoms with E-state index in [0.717, 1.165) is 10.2 Å². The SMILES string of the molecule is NC(=O)C1CCN(C(=O)c2ccccc2NC(=O)CCCOc2cccc(Br)c2)CC1. The van der Waals surface area contributed by atoms with Gasteiger partial charge in [0.2, 0.25) is 11.8 Å². The lowest BCUT2D eigenvalue weighted by Gasteiger charge is -2.31. The van der Waals surface area contributed by atoms with Crippen LogP contribution in [0.2, 0.25) is 0 Å². The van der Waals surface area contributed by atoms with E-state index < -0.39 is 0 Å². The smallest absolute Gasteiger partial charge is 0.255 e. The molecule has 3 amide bonds. The van der Waals surface area contributed by atoms with Crippen molar-refractivity contribution >= 4 is 39.3 Å². The molecule has 1 aliphatic rings. The van der Waals surface area contributed by atoms with Gasteiger partial charge in [-0.1, -0.05) is 34.1 Å². The van der Waals surface area contributed by atoms with Gasteiger partial charge in [0, 0.05) is 29.9 Å². The summed E-state index contributed by atoms with van der Waals surface area (Å²) in [6.07, 6.45) is 1.96. The van der Waals surface area contributed by atoms with E-state index in [2.05, 4.69) is 21.2 Å². The lowest BCUT2D eigenvalue weighted by atomic mass is 9.95. The van der Waals surface area contributed by atoms with Crippen LogP contribution in [0, 0.1) is 5.92 Å². The number of amides is 3. The number of nitrogens with one attached hydrogen (secondary N) is 1. The predicted octanol–water partition coefficient (Wildman–Crippen LogP) is 3.58. The van der Waals surface area contributed by atoms with Gasteiger partial charge in [0.15, 0.2) is 0 Å². The largest absolute Gasteiger partial charge is 0.494 e. The number of para-hydroxylation sites is 1. The monoisotopic (exact) mass is 487 g/mol. The van der Waals surface area contributed by atoms with Crippen LogP contribution in [-0.2, 0) is 9.59 Å². The van der Waals surface area contributed by atoms with E-state index >= 15 is 0 Å². The molecule has 0 radical (unpaired) electrons. The van der Waals surface area contributed by atoms with Crippen molar-refractivity contribution in [3.05, 3.63) is 58.6 Å². The molecule has 7 nitrogen and oxygen atoms in total. The molecule has 0 bridgehead atoms. The molecule has 0 unspecified atom stereocenters. The third-order valence-electron chi connectivity index (χ3n) is 5.23. The number of hydrogen-bond acceptors (Lipinski definition) is 4. The van der Waals surface area contributed by atoms with E-state index in [9.17, 15) is 14.4 Å². The Balaban J connectivity index is 1.51. The molecular formula is C23H26BrN3O4. The van der Waals surface area contributed by atoms with Crippen LogP contribution in [0.3, 0.4) is 0 Å². The number of nitrogens with two attached hydrogens (primary N) is 1. The van der Waals surface area contributed by atoms with Crippen LogP contribution in [-0.4, -0.2) is 42.3 Å². The van der Waals surface area contributed by atoms with E-state index in [0.29, 0.717) is 50.2 Å². The molecule has 2 aromatic carbocycles. The number of likely N-dealkylation sites (tertiary alicyclic amines) is 1. The third-order valence-corrected chi connectivity index (χ3v) is 5.72. The minimum absolute atomic E-state index is 0.156. The molecule has 3 rings (SSSR count). The van der Waals surface area contributed by atoms with Crippen LogP contribution in [0.15, 0.2) is 53.0 Å². The summed E-state index contributed by atoms with van der Waals surface area (Å²) >= 11 is 3.39. The van der Waals surface area contributed by atoms with Gasteiger partial charge in [-0.3, -0.25) is 14.4 Å². The summed E-state index contributed by atoms with van der Waals surface area (Å²) in [7, 11) is 0. The number of anilines is 1. The quantitative estimate of drug-likeness (QED) is 0.555. The number of rotatable bonds is 8. The summed E-state index contributed by atoms with van der Waals surface area (Å²) in [5.74, 6) is -0.0879. The highest BCUT2D eigenvalue weighted by molar-refractivity contribution is 9.10. The summed E-state index contributed by atoms with van der Waals surface area (Å²) in [6, 6.07) is 14.5. The molecule has 0 aromatic heterocycles. The number of primary amides is 1. The highest BCUT2D eigenvalue weighted by atomic mass is 79.9. The van der Waals surface area contributed by atoms with Gasteiger partial charge in [-0.2, -0.15) is 0 Å². The van der Waals surface area contributed by atoms with Crippen LogP contribution >= 0.6 is 15.9 Å². The number of halogens is 1. The van der Waals surface area contributed by atoms with Crippen molar-refractivity contribution in [2.24, 2.45) is 11.7 Å². The zero-order valence-corrected chi connectivity index (χ0v) is 18.8. The van der Waals surface area contributed by atoms with Gasteiger partial charge in [0.25, 0.3) is 5.91 Å². The molecule has 2 aromatic rings. The fourth-order valence-electron chi connectivity index (χ4n) is 3.51. The van der Waals surface area contributed by atoms with E-state index in [4.69, 9.17) is 10.5 Å². The predicted molar refractivity (Wildman–Crippen MR) is 122 cm³/mol. The van der Waals surface area contributed by atoms with E-state index in [1.807, 2.05) is 24.3 Å². The van der Waals surface area contributed by atoms with Crippen molar-refractivity contribution in [1.82, 2.24) is 4.90 Å². The summed E-state index contributed by atoms with van der Waals surface area (Å²) in [5, 5.41) is 2.84. The summed E-state index contributed by atoms with van der Waals surface area (Å²) < 4.78 is 6.58. The van der Waals surface area contributed by atoms with Gasteiger partial charge in [-0.15, -0.1) is 0 Å². The van der Waals surface area contributed by atoms with Gasteiger partial charge >= 0.3 is 0 Å². The van der Waals surface area contributed by atoms with Crippen molar-refractivity contribution in [3.8, 4) is 5.75 Å². The standard InChI is InChI=1S/C23H26BrN3O4/c24-17-5-3-6-18(15-17)31-14-4-9-21(28)26-20-8-2-1-7-19(20)23(30)27-12-10-16(11-13-27)22(25)29/h1-3,5-8,15-16H,4,9-14H2,(H2,25,29)(H,26,28). The Morgan fingerprint density at radius 1 is 1.10 bits per heavy atom. The van der Waals surface area contributed by atoms with Crippen LogP contribution in [0.25, 0.3) is 0 Å². The lowest BCUT2D eigenvalue weighted by molar-refractivity contribution is -0.123. The summed E-state index contributed by atoms with van der Waals surface area (Å²) in [4.78, 5) is 38.4. The molecule has 1 aliphatic heterocycles. The lowest BCUT2D eigenvalue weighted by Crippen LogP contribution is -2.42. The number of benzene rings is 2. The van der Waals surface area contributed by atoms with Crippen molar-refractivity contribution in [2.45, 2.75) is 25.7 Å². The zero-order chi connectivity index (χ0) is 22.2. The minimum atomic E-state index is -0.316. The summed E-state index contributed by atoms with van der Waals surface area (Å²) in [5.41, 5.74) is 6.30. The number of ether oxygens (including phenoxy) is 1. The Hall–Kier alpha value is -2.87. The maximum absolute atomic E-state index is 13.0.